The van der Waals surface area contributed by atoms with Gasteiger partial charge in [0.25, 0.3) is 0 Å². The van der Waals surface area contributed by atoms with Gasteiger partial charge in [-0.05, 0) is 32.4 Å². The maximum atomic E-state index is 11.7. The summed E-state index contributed by atoms with van der Waals surface area (Å²) < 4.78 is 0. The summed E-state index contributed by atoms with van der Waals surface area (Å²) in [4.78, 5) is 11.7. The Morgan fingerprint density at radius 3 is 2.88 bits per heavy atom. The molecule has 1 saturated heterocycles. The zero-order valence-corrected chi connectivity index (χ0v) is 11.2. The van der Waals surface area contributed by atoms with E-state index in [1.807, 2.05) is 6.92 Å². The molecule has 1 atom stereocenters. The number of amides is 1. The lowest BCUT2D eigenvalue weighted by molar-refractivity contribution is -0.119. The first kappa shape index (κ1) is 14.3. The summed E-state index contributed by atoms with van der Waals surface area (Å²) >= 11 is 1.74. The molecule has 5 heteroatoms. The molecule has 1 unspecified atom stereocenters. The minimum absolute atomic E-state index is 0.0149. The fourth-order valence-corrected chi connectivity index (χ4v) is 2.87. The number of nitrogens with one attached hydrogen (secondary N) is 2. The summed E-state index contributed by atoms with van der Waals surface area (Å²) in [5.74, 6) is 0.586. The second kappa shape index (κ2) is 8.37. The fourth-order valence-electron chi connectivity index (χ4n) is 1.83. The van der Waals surface area contributed by atoms with E-state index in [0.717, 1.165) is 32.4 Å². The molecule has 1 aliphatic rings. The number of thioether (sulfide) groups is 1. The lowest BCUT2D eigenvalue weighted by Gasteiger charge is -2.22. The van der Waals surface area contributed by atoms with Crippen LogP contribution >= 0.6 is 11.8 Å². The van der Waals surface area contributed by atoms with Crippen molar-refractivity contribution in [3.05, 3.63) is 0 Å². The van der Waals surface area contributed by atoms with Gasteiger partial charge in [0.1, 0.15) is 0 Å². The standard InChI is InChI=1S/C12H21N3OS/c1-2-10(3-6-13)15-12(16)9-17-11-4-7-14-8-5-11/h10-11,14H,2-5,7-9H2,1H3,(H,15,16). The van der Waals surface area contributed by atoms with Crippen LogP contribution in [0.3, 0.4) is 0 Å². The van der Waals surface area contributed by atoms with E-state index in [0.29, 0.717) is 17.4 Å². The van der Waals surface area contributed by atoms with Gasteiger partial charge in [-0.3, -0.25) is 4.79 Å². The van der Waals surface area contributed by atoms with Gasteiger partial charge in [-0.2, -0.15) is 5.26 Å². The van der Waals surface area contributed by atoms with Crippen molar-refractivity contribution in [2.45, 2.75) is 43.9 Å². The Morgan fingerprint density at radius 2 is 2.29 bits per heavy atom. The predicted molar refractivity (Wildman–Crippen MR) is 70.8 cm³/mol. The molecular weight excluding hydrogens is 234 g/mol. The number of hydrogen-bond acceptors (Lipinski definition) is 4. The molecule has 1 aliphatic heterocycles. The molecule has 17 heavy (non-hydrogen) atoms. The van der Waals surface area contributed by atoms with Gasteiger partial charge in [-0.25, -0.2) is 0 Å². The van der Waals surface area contributed by atoms with Gasteiger partial charge in [0.15, 0.2) is 0 Å². The fraction of sp³-hybridized carbons (Fsp3) is 0.833. The van der Waals surface area contributed by atoms with E-state index < -0.39 is 0 Å². The van der Waals surface area contributed by atoms with Crippen molar-refractivity contribution < 1.29 is 4.79 Å². The minimum atomic E-state index is 0.0149. The van der Waals surface area contributed by atoms with Crippen LogP contribution in [0.1, 0.15) is 32.6 Å². The van der Waals surface area contributed by atoms with Crippen molar-refractivity contribution in [1.29, 1.82) is 5.26 Å². The monoisotopic (exact) mass is 255 g/mol. The lowest BCUT2D eigenvalue weighted by Crippen LogP contribution is -2.36. The maximum absolute atomic E-state index is 11.7. The van der Waals surface area contributed by atoms with Crippen LogP contribution in [0.5, 0.6) is 0 Å². The smallest absolute Gasteiger partial charge is 0.230 e. The highest BCUT2D eigenvalue weighted by Gasteiger charge is 2.16. The molecule has 0 saturated carbocycles. The molecule has 2 N–H and O–H groups in total. The van der Waals surface area contributed by atoms with Gasteiger partial charge < -0.3 is 10.6 Å². The Labute approximate surface area is 108 Å². The Hall–Kier alpha value is -0.730. The minimum Gasteiger partial charge on any atom is -0.352 e. The molecule has 0 aromatic rings. The molecule has 0 aromatic carbocycles. The molecule has 0 radical (unpaired) electrons. The lowest BCUT2D eigenvalue weighted by atomic mass is 10.2. The van der Waals surface area contributed by atoms with Crippen LogP contribution in [0.2, 0.25) is 0 Å². The number of rotatable bonds is 6. The Bertz CT molecular complexity index is 271. The first-order valence-electron chi connectivity index (χ1n) is 6.25. The van der Waals surface area contributed by atoms with Crippen LogP contribution < -0.4 is 10.6 Å². The van der Waals surface area contributed by atoms with Gasteiger partial charge in [0, 0.05) is 11.3 Å². The van der Waals surface area contributed by atoms with Gasteiger partial charge in [0.05, 0.1) is 18.2 Å². The summed E-state index contributed by atoms with van der Waals surface area (Å²) in [5, 5.41) is 15.4. The van der Waals surface area contributed by atoms with Gasteiger partial charge >= 0.3 is 0 Å². The SMILES string of the molecule is CCC(CC#N)NC(=O)CSC1CCNCC1. The number of nitriles is 1. The zero-order chi connectivity index (χ0) is 12.5. The molecule has 0 spiro atoms. The quantitative estimate of drug-likeness (QED) is 0.750. The van der Waals surface area contributed by atoms with E-state index in [1.54, 1.807) is 11.8 Å². The Balaban J connectivity index is 2.17. The summed E-state index contributed by atoms with van der Waals surface area (Å²) in [5.41, 5.74) is 0. The van der Waals surface area contributed by atoms with Crippen LogP contribution in [0.25, 0.3) is 0 Å². The van der Waals surface area contributed by atoms with Crippen molar-refractivity contribution in [1.82, 2.24) is 10.6 Å². The first-order valence-corrected chi connectivity index (χ1v) is 7.29. The highest BCUT2D eigenvalue weighted by atomic mass is 32.2. The molecule has 1 amide bonds. The number of carbonyl (C=O) groups is 1. The molecule has 1 fully saturated rings. The summed E-state index contributed by atoms with van der Waals surface area (Å²) in [6.45, 7) is 4.11. The topological polar surface area (TPSA) is 64.9 Å². The molecule has 4 nitrogen and oxygen atoms in total. The maximum Gasteiger partial charge on any atom is 0.230 e. The van der Waals surface area contributed by atoms with Crippen molar-refractivity contribution in [3.8, 4) is 6.07 Å². The molecule has 96 valence electrons. The number of hydrogen-bond donors (Lipinski definition) is 2. The Kier molecular flexibility index (Phi) is 7.06. The van der Waals surface area contributed by atoms with E-state index in [4.69, 9.17) is 5.26 Å². The average molecular weight is 255 g/mol. The van der Waals surface area contributed by atoms with E-state index in [9.17, 15) is 4.79 Å². The number of piperidine rings is 1. The third-order valence-corrected chi connectivity index (χ3v) is 4.30. The van der Waals surface area contributed by atoms with Gasteiger partial charge in [-0.15, -0.1) is 11.8 Å². The molecule has 1 heterocycles. The largest absolute Gasteiger partial charge is 0.352 e. The summed E-state index contributed by atoms with van der Waals surface area (Å²) in [6.07, 6.45) is 3.51. The second-order valence-corrected chi connectivity index (χ2v) is 5.58. The van der Waals surface area contributed by atoms with Gasteiger partial charge in [0.2, 0.25) is 5.91 Å². The highest BCUT2D eigenvalue weighted by molar-refractivity contribution is 8.00. The molecular formula is C12H21N3OS. The summed E-state index contributed by atoms with van der Waals surface area (Å²) in [7, 11) is 0. The second-order valence-electron chi connectivity index (χ2n) is 4.30. The first-order chi connectivity index (χ1) is 8.26. The third-order valence-electron chi connectivity index (χ3n) is 2.93. The Morgan fingerprint density at radius 1 is 1.59 bits per heavy atom. The van der Waals surface area contributed by atoms with Crippen molar-refractivity contribution >= 4 is 17.7 Å². The zero-order valence-electron chi connectivity index (χ0n) is 10.4. The molecule has 0 bridgehead atoms. The van der Waals surface area contributed by atoms with Crippen molar-refractivity contribution in [2.24, 2.45) is 0 Å². The normalized spacial score (nSPS) is 18.4. The van der Waals surface area contributed by atoms with Crippen molar-refractivity contribution in [3.63, 3.8) is 0 Å². The number of nitrogens with zero attached hydrogens (tertiary/aromatic N) is 1. The molecule has 0 aliphatic carbocycles. The van der Waals surface area contributed by atoms with Crippen LogP contribution in [0.4, 0.5) is 0 Å². The van der Waals surface area contributed by atoms with E-state index in [-0.39, 0.29) is 11.9 Å². The van der Waals surface area contributed by atoms with Crippen LogP contribution in [0.15, 0.2) is 0 Å². The predicted octanol–water partition coefficient (Wildman–Crippen LogP) is 1.28. The van der Waals surface area contributed by atoms with Crippen LogP contribution in [0, 0.1) is 11.3 Å². The average Bonchev–Trinajstić information content (AvgIpc) is 2.37. The highest BCUT2D eigenvalue weighted by Crippen LogP contribution is 2.19. The van der Waals surface area contributed by atoms with E-state index >= 15 is 0 Å². The van der Waals surface area contributed by atoms with Crippen LogP contribution in [-0.4, -0.2) is 36.0 Å². The third kappa shape index (κ3) is 5.94. The van der Waals surface area contributed by atoms with Gasteiger partial charge in [-0.1, -0.05) is 6.92 Å². The van der Waals surface area contributed by atoms with Crippen LogP contribution in [-0.2, 0) is 4.79 Å². The van der Waals surface area contributed by atoms with E-state index in [2.05, 4.69) is 16.7 Å². The number of carbonyl (C=O) groups excluding carboxylic acids is 1. The molecule has 1 rings (SSSR count). The molecule has 0 aromatic heterocycles. The summed E-state index contributed by atoms with van der Waals surface area (Å²) in [6, 6.07) is 2.11. The van der Waals surface area contributed by atoms with Crippen molar-refractivity contribution in [2.75, 3.05) is 18.8 Å². The van der Waals surface area contributed by atoms with E-state index in [1.165, 1.54) is 0 Å².